The fourth-order valence-electron chi connectivity index (χ4n) is 3.00. The predicted octanol–water partition coefficient (Wildman–Crippen LogP) is 2.97. The highest BCUT2D eigenvalue weighted by molar-refractivity contribution is 9.10. The van der Waals surface area contributed by atoms with E-state index >= 15 is 0 Å². The highest BCUT2D eigenvalue weighted by Gasteiger charge is 2.15. The van der Waals surface area contributed by atoms with Crippen molar-refractivity contribution >= 4 is 33.4 Å². The van der Waals surface area contributed by atoms with Gasteiger partial charge in [-0.1, -0.05) is 15.9 Å². The van der Waals surface area contributed by atoms with Crippen LogP contribution in [0.5, 0.6) is 17.2 Å². The molecule has 2 amide bonds. The van der Waals surface area contributed by atoms with Gasteiger partial charge in [-0.25, -0.2) is 0 Å². The minimum absolute atomic E-state index is 0.0805. The Balaban J connectivity index is 1.87. The topological polar surface area (TPSA) is 89.1 Å². The van der Waals surface area contributed by atoms with Gasteiger partial charge in [-0.15, -0.1) is 0 Å². The number of hydrogen-bond acceptors (Lipinski definition) is 6. The highest BCUT2D eigenvalue weighted by atomic mass is 79.9. The van der Waals surface area contributed by atoms with Crippen LogP contribution in [0.3, 0.4) is 0 Å². The van der Waals surface area contributed by atoms with E-state index < -0.39 is 0 Å². The van der Waals surface area contributed by atoms with Crippen molar-refractivity contribution < 1.29 is 23.8 Å². The molecular formula is C22H28BrN3O5. The Kier molecular flexibility index (Phi) is 9.14. The van der Waals surface area contributed by atoms with Crippen LogP contribution in [0.1, 0.15) is 11.1 Å². The van der Waals surface area contributed by atoms with Gasteiger partial charge in [0.05, 0.1) is 34.4 Å². The van der Waals surface area contributed by atoms with Crippen molar-refractivity contribution in [2.45, 2.75) is 13.5 Å². The van der Waals surface area contributed by atoms with Gasteiger partial charge in [0.2, 0.25) is 17.6 Å². The lowest BCUT2D eigenvalue weighted by atomic mass is 10.1. The van der Waals surface area contributed by atoms with Gasteiger partial charge in [0.15, 0.2) is 11.5 Å². The zero-order chi connectivity index (χ0) is 23.0. The van der Waals surface area contributed by atoms with Gasteiger partial charge in [-0.05, 0) is 55.4 Å². The summed E-state index contributed by atoms with van der Waals surface area (Å²) in [6.07, 6.45) is 0. The lowest BCUT2D eigenvalue weighted by Gasteiger charge is -2.17. The number of rotatable bonds is 10. The van der Waals surface area contributed by atoms with Gasteiger partial charge in [0, 0.05) is 16.7 Å². The summed E-state index contributed by atoms with van der Waals surface area (Å²) in [7, 11) is 6.32. The monoisotopic (exact) mass is 493 g/mol. The van der Waals surface area contributed by atoms with Gasteiger partial charge < -0.3 is 24.8 Å². The van der Waals surface area contributed by atoms with Gasteiger partial charge in [0.25, 0.3) is 0 Å². The van der Waals surface area contributed by atoms with Crippen LogP contribution in [0.2, 0.25) is 0 Å². The van der Waals surface area contributed by atoms with Crippen LogP contribution in [-0.2, 0) is 16.1 Å². The number of halogens is 1. The Labute approximate surface area is 191 Å². The number of ether oxygens (including phenoxy) is 3. The van der Waals surface area contributed by atoms with Crippen molar-refractivity contribution in [1.82, 2.24) is 10.2 Å². The normalized spacial score (nSPS) is 10.5. The molecule has 0 bridgehead atoms. The first-order valence-corrected chi connectivity index (χ1v) is 10.4. The van der Waals surface area contributed by atoms with Crippen LogP contribution < -0.4 is 24.8 Å². The van der Waals surface area contributed by atoms with E-state index in [0.29, 0.717) is 17.2 Å². The number of likely N-dealkylation sites (N-methyl/N-ethyl adjacent to an activating group) is 1. The summed E-state index contributed by atoms with van der Waals surface area (Å²) in [5.74, 6) is 1.13. The molecular weight excluding hydrogens is 466 g/mol. The van der Waals surface area contributed by atoms with Crippen molar-refractivity contribution in [3.63, 3.8) is 0 Å². The summed E-state index contributed by atoms with van der Waals surface area (Å²) in [6.45, 7) is 2.37. The molecule has 0 heterocycles. The molecule has 2 aromatic rings. The second kappa shape index (κ2) is 11.6. The SMILES string of the molecule is COc1cc(CNC(=O)CN(C)CC(=O)Nc2ccc(Br)cc2C)cc(OC)c1OC. The maximum absolute atomic E-state index is 12.3. The fraction of sp³-hybridized carbons (Fsp3) is 0.364. The Hall–Kier alpha value is -2.78. The summed E-state index contributed by atoms with van der Waals surface area (Å²) in [4.78, 5) is 26.2. The molecule has 0 atom stereocenters. The van der Waals surface area contributed by atoms with Crippen molar-refractivity contribution in [1.29, 1.82) is 0 Å². The number of carbonyl (C=O) groups excluding carboxylic acids is 2. The molecule has 31 heavy (non-hydrogen) atoms. The molecule has 2 aromatic carbocycles. The van der Waals surface area contributed by atoms with Crippen LogP contribution in [0.15, 0.2) is 34.8 Å². The van der Waals surface area contributed by atoms with Gasteiger partial charge in [-0.2, -0.15) is 0 Å². The fourth-order valence-corrected chi connectivity index (χ4v) is 3.47. The van der Waals surface area contributed by atoms with Crippen molar-refractivity contribution in [3.8, 4) is 17.2 Å². The molecule has 2 N–H and O–H groups in total. The maximum Gasteiger partial charge on any atom is 0.238 e. The van der Waals surface area contributed by atoms with E-state index in [1.807, 2.05) is 25.1 Å². The van der Waals surface area contributed by atoms with E-state index in [1.54, 1.807) is 24.1 Å². The molecule has 0 aliphatic heterocycles. The molecule has 9 heteroatoms. The zero-order valence-corrected chi connectivity index (χ0v) is 20.0. The average molecular weight is 494 g/mol. The first-order chi connectivity index (χ1) is 14.8. The Bertz CT molecular complexity index is 910. The minimum Gasteiger partial charge on any atom is -0.493 e. The predicted molar refractivity (Wildman–Crippen MR) is 123 cm³/mol. The molecule has 168 valence electrons. The molecule has 2 rings (SSSR count). The summed E-state index contributed by atoms with van der Waals surface area (Å²) >= 11 is 3.40. The third kappa shape index (κ3) is 7.15. The molecule has 0 saturated heterocycles. The van der Waals surface area contributed by atoms with E-state index in [2.05, 4.69) is 26.6 Å². The number of nitrogens with zero attached hydrogens (tertiary/aromatic N) is 1. The minimum atomic E-state index is -0.205. The van der Waals surface area contributed by atoms with E-state index in [-0.39, 0.29) is 31.4 Å². The van der Waals surface area contributed by atoms with E-state index in [9.17, 15) is 9.59 Å². The van der Waals surface area contributed by atoms with E-state index in [1.165, 1.54) is 21.3 Å². The number of methoxy groups -OCH3 is 3. The molecule has 0 saturated carbocycles. The van der Waals surface area contributed by atoms with Crippen molar-refractivity contribution in [3.05, 3.63) is 45.9 Å². The van der Waals surface area contributed by atoms with Gasteiger partial charge in [0.1, 0.15) is 0 Å². The lowest BCUT2D eigenvalue weighted by molar-refractivity contribution is -0.123. The molecule has 0 fully saturated rings. The maximum atomic E-state index is 12.3. The summed E-state index contributed by atoms with van der Waals surface area (Å²) in [5, 5.41) is 5.70. The summed E-state index contributed by atoms with van der Waals surface area (Å²) in [6, 6.07) is 9.18. The zero-order valence-electron chi connectivity index (χ0n) is 18.4. The van der Waals surface area contributed by atoms with Gasteiger partial charge in [-0.3, -0.25) is 14.5 Å². The van der Waals surface area contributed by atoms with Crippen molar-refractivity contribution in [2.24, 2.45) is 0 Å². The van der Waals surface area contributed by atoms with Crippen LogP contribution in [0.25, 0.3) is 0 Å². The molecule has 8 nitrogen and oxygen atoms in total. The molecule has 0 aliphatic rings. The summed E-state index contributed by atoms with van der Waals surface area (Å²) in [5.41, 5.74) is 2.50. The van der Waals surface area contributed by atoms with E-state index in [0.717, 1.165) is 21.3 Å². The van der Waals surface area contributed by atoms with Crippen LogP contribution >= 0.6 is 15.9 Å². The van der Waals surface area contributed by atoms with Crippen molar-refractivity contribution in [2.75, 3.05) is 46.8 Å². The van der Waals surface area contributed by atoms with Crippen LogP contribution in [0.4, 0.5) is 5.69 Å². The second-order valence-corrected chi connectivity index (χ2v) is 7.91. The highest BCUT2D eigenvalue weighted by Crippen LogP contribution is 2.38. The van der Waals surface area contributed by atoms with Crippen LogP contribution in [-0.4, -0.2) is 58.2 Å². The molecule has 0 aliphatic carbocycles. The number of nitrogens with one attached hydrogen (secondary N) is 2. The number of amides is 2. The first kappa shape index (κ1) is 24.5. The summed E-state index contributed by atoms with van der Waals surface area (Å²) < 4.78 is 16.9. The third-order valence-electron chi connectivity index (χ3n) is 4.50. The average Bonchev–Trinajstić information content (AvgIpc) is 2.73. The molecule has 0 unspecified atom stereocenters. The lowest BCUT2D eigenvalue weighted by Crippen LogP contribution is -2.38. The van der Waals surface area contributed by atoms with Crippen LogP contribution in [0, 0.1) is 6.92 Å². The van der Waals surface area contributed by atoms with E-state index in [4.69, 9.17) is 14.2 Å². The molecule has 0 radical (unpaired) electrons. The Morgan fingerprint density at radius 2 is 1.58 bits per heavy atom. The third-order valence-corrected chi connectivity index (χ3v) is 5.00. The Morgan fingerprint density at radius 3 is 2.13 bits per heavy atom. The first-order valence-electron chi connectivity index (χ1n) is 9.57. The largest absolute Gasteiger partial charge is 0.493 e. The Morgan fingerprint density at radius 1 is 0.968 bits per heavy atom. The second-order valence-electron chi connectivity index (χ2n) is 6.99. The standard InChI is InChI=1S/C22H28BrN3O5/c1-14-8-16(23)6-7-17(14)25-21(28)13-26(2)12-20(27)24-11-15-9-18(29-3)22(31-5)19(10-15)30-4/h6-10H,11-13H2,1-5H3,(H,24,27)(H,25,28). The quantitative estimate of drug-likeness (QED) is 0.528. The number of anilines is 1. The number of benzene rings is 2. The number of hydrogen-bond donors (Lipinski definition) is 2. The molecule has 0 aromatic heterocycles. The smallest absolute Gasteiger partial charge is 0.238 e. The van der Waals surface area contributed by atoms with Gasteiger partial charge >= 0.3 is 0 Å². The number of carbonyl (C=O) groups is 2. The molecule has 0 spiro atoms. The number of aryl methyl sites for hydroxylation is 1.